The molecule has 0 aliphatic heterocycles. The molecule has 0 bridgehead atoms. The van der Waals surface area contributed by atoms with Crippen molar-refractivity contribution in [1.29, 1.82) is 0 Å². The zero-order valence-corrected chi connectivity index (χ0v) is 15.2. The number of ether oxygens (including phenoxy) is 1. The van der Waals surface area contributed by atoms with Gasteiger partial charge in [-0.15, -0.1) is 0 Å². The van der Waals surface area contributed by atoms with E-state index in [1.165, 1.54) is 7.11 Å². The summed E-state index contributed by atoms with van der Waals surface area (Å²) in [6.45, 7) is 3.52. The van der Waals surface area contributed by atoms with Gasteiger partial charge < -0.3 is 10.1 Å². The van der Waals surface area contributed by atoms with E-state index >= 15 is 0 Å². The SMILES string of the molecule is COC(=O)[C@H](Cc1ccc(C(=O)c2ccccc2)cc1)NC(=O)C(C)C. The van der Waals surface area contributed by atoms with Gasteiger partial charge in [0.1, 0.15) is 6.04 Å². The summed E-state index contributed by atoms with van der Waals surface area (Å²) in [5.74, 6) is -0.998. The lowest BCUT2D eigenvalue weighted by Gasteiger charge is -2.18. The molecule has 0 aliphatic carbocycles. The molecule has 0 saturated heterocycles. The van der Waals surface area contributed by atoms with E-state index in [2.05, 4.69) is 5.32 Å². The van der Waals surface area contributed by atoms with Crippen LogP contribution in [0.4, 0.5) is 0 Å². The van der Waals surface area contributed by atoms with Crippen molar-refractivity contribution in [3.63, 3.8) is 0 Å². The molecule has 0 fully saturated rings. The first-order chi connectivity index (χ1) is 12.4. The van der Waals surface area contributed by atoms with Crippen molar-refractivity contribution in [3.05, 3.63) is 71.3 Å². The predicted molar refractivity (Wildman–Crippen MR) is 98.8 cm³/mol. The van der Waals surface area contributed by atoms with E-state index in [1.807, 2.05) is 18.2 Å². The summed E-state index contributed by atoms with van der Waals surface area (Å²) < 4.78 is 4.78. The molecule has 5 heteroatoms. The maximum atomic E-state index is 12.4. The van der Waals surface area contributed by atoms with Gasteiger partial charge in [-0.1, -0.05) is 68.4 Å². The number of benzene rings is 2. The van der Waals surface area contributed by atoms with Crippen LogP contribution in [0.1, 0.15) is 35.3 Å². The molecule has 0 aliphatic rings. The van der Waals surface area contributed by atoms with Crippen LogP contribution in [-0.4, -0.2) is 30.8 Å². The van der Waals surface area contributed by atoms with E-state index < -0.39 is 12.0 Å². The third kappa shape index (κ3) is 5.02. The second-order valence-electron chi connectivity index (χ2n) is 6.34. The molecular weight excluding hydrogens is 330 g/mol. The van der Waals surface area contributed by atoms with E-state index in [-0.39, 0.29) is 17.6 Å². The second-order valence-corrected chi connectivity index (χ2v) is 6.34. The third-order valence-electron chi connectivity index (χ3n) is 4.02. The van der Waals surface area contributed by atoms with E-state index in [9.17, 15) is 14.4 Å². The topological polar surface area (TPSA) is 72.5 Å². The van der Waals surface area contributed by atoms with Crippen LogP contribution in [-0.2, 0) is 20.7 Å². The van der Waals surface area contributed by atoms with Crippen molar-refractivity contribution in [2.24, 2.45) is 5.92 Å². The molecule has 0 heterocycles. The Hall–Kier alpha value is -2.95. The molecule has 136 valence electrons. The Morgan fingerprint density at radius 3 is 2.04 bits per heavy atom. The van der Waals surface area contributed by atoms with Crippen LogP contribution in [0.3, 0.4) is 0 Å². The fourth-order valence-electron chi connectivity index (χ4n) is 2.46. The lowest BCUT2D eigenvalue weighted by Crippen LogP contribution is -2.44. The van der Waals surface area contributed by atoms with Crippen LogP contribution in [0.2, 0.25) is 0 Å². The van der Waals surface area contributed by atoms with Crippen LogP contribution in [0.5, 0.6) is 0 Å². The maximum Gasteiger partial charge on any atom is 0.328 e. The highest BCUT2D eigenvalue weighted by Gasteiger charge is 2.23. The molecule has 2 aromatic carbocycles. The summed E-state index contributed by atoms with van der Waals surface area (Å²) >= 11 is 0. The molecule has 0 radical (unpaired) electrons. The zero-order valence-electron chi connectivity index (χ0n) is 15.2. The van der Waals surface area contributed by atoms with Gasteiger partial charge in [-0.3, -0.25) is 9.59 Å². The molecular formula is C21H23NO4. The summed E-state index contributed by atoms with van der Waals surface area (Å²) in [6.07, 6.45) is 0.297. The van der Waals surface area contributed by atoms with Crippen LogP contribution in [0.15, 0.2) is 54.6 Å². The standard InChI is InChI=1S/C21H23NO4/c1-14(2)20(24)22-18(21(25)26-3)13-15-9-11-17(12-10-15)19(23)16-7-5-4-6-8-16/h4-12,14,18H,13H2,1-3H3,(H,22,24)/t18-/m0/s1. The van der Waals surface area contributed by atoms with E-state index in [0.29, 0.717) is 17.5 Å². The van der Waals surface area contributed by atoms with E-state index in [1.54, 1.807) is 50.2 Å². The maximum absolute atomic E-state index is 12.4. The van der Waals surface area contributed by atoms with E-state index in [0.717, 1.165) is 5.56 Å². The number of hydrogen-bond donors (Lipinski definition) is 1. The molecule has 2 aromatic rings. The average Bonchev–Trinajstić information content (AvgIpc) is 2.67. The molecule has 1 N–H and O–H groups in total. The molecule has 0 aromatic heterocycles. The highest BCUT2D eigenvalue weighted by atomic mass is 16.5. The number of hydrogen-bond acceptors (Lipinski definition) is 4. The Morgan fingerprint density at radius 1 is 0.923 bits per heavy atom. The molecule has 1 amide bonds. The predicted octanol–water partition coefficient (Wildman–Crippen LogP) is 2.77. The molecule has 0 unspecified atom stereocenters. The number of rotatable bonds is 7. The minimum absolute atomic E-state index is 0.0604. The van der Waals surface area contributed by atoms with Crippen molar-refractivity contribution in [3.8, 4) is 0 Å². The normalized spacial score (nSPS) is 11.7. The van der Waals surface area contributed by atoms with Crippen LogP contribution in [0, 0.1) is 5.92 Å². The highest BCUT2D eigenvalue weighted by Crippen LogP contribution is 2.13. The summed E-state index contributed by atoms with van der Waals surface area (Å²) in [7, 11) is 1.29. The number of amides is 1. The first kappa shape index (κ1) is 19.4. The van der Waals surface area contributed by atoms with Crippen molar-refractivity contribution < 1.29 is 19.1 Å². The minimum atomic E-state index is -0.759. The number of carbonyl (C=O) groups is 3. The summed E-state index contributed by atoms with van der Waals surface area (Å²) in [5.41, 5.74) is 2.02. The minimum Gasteiger partial charge on any atom is -0.467 e. The van der Waals surface area contributed by atoms with Crippen LogP contribution in [0.25, 0.3) is 0 Å². The number of carbonyl (C=O) groups excluding carboxylic acids is 3. The Kier molecular flexibility index (Phi) is 6.67. The molecule has 1 atom stereocenters. The van der Waals surface area contributed by atoms with Crippen LogP contribution < -0.4 is 5.32 Å². The monoisotopic (exact) mass is 353 g/mol. The molecule has 0 spiro atoms. The Balaban J connectivity index is 2.11. The lowest BCUT2D eigenvalue weighted by molar-refractivity contribution is -0.145. The quantitative estimate of drug-likeness (QED) is 0.614. The number of ketones is 1. The summed E-state index contributed by atoms with van der Waals surface area (Å²) in [6, 6.07) is 15.3. The first-order valence-electron chi connectivity index (χ1n) is 8.49. The summed E-state index contributed by atoms with van der Waals surface area (Å²) in [4.78, 5) is 36.3. The first-order valence-corrected chi connectivity index (χ1v) is 8.49. The van der Waals surface area contributed by atoms with Gasteiger partial charge in [0.2, 0.25) is 5.91 Å². The molecule has 2 rings (SSSR count). The average molecular weight is 353 g/mol. The van der Waals surface area contributed by atoms with Gasteiger partial charge in [0, 0.05) is 23.5 Å². The van der Waals surface area contributed by atoms with Gasteiger partial charge in [-0.05, 0) is 5.56 Å². The fraction of sp³-hybridized carbons (Fsp3) is 0.286. The smallest absolute Gasteiger partial charge is 0.328 e. The largest absolute Gasteiger partial charge is 0.467 e. The molecule has 26 heavy (non-hydrogen) atoms. The van der Waals surface area contributed by atoms with Crippen LogP contribution >= 0.6 is 0 Å². The highest BCUT2D eigenvalue weighted by molar-refractivity contribution is 6.08. The van der Waals surface area contributed by atoms with Gasteiger partial charge in [0.15, 0.2) is 5.78 Å². The van der Waals surface area contributed by atoms with Gasteiger partial charge >= 0.3 is 5.97 Å². The van der Waals surface area contributed by atoms with Crippen molar-refractivity contribution in [2.75, 3.05) is 7.11 Å². The van der Waals surface area contributed by atoms with Gasteiger partial charge in [0.05, 0.1) is 7.11 Å². The Bertz CT molecular complexity index is 766. The van der Waals surface area contributed by atoms with Crippen molar-refractivity contribution in [1.82, 2.24) is 5.32 Å². The van der Waals surface area contributed by atoms with Crippen molar-refractivity contribution in [2.45, 2.75) is 26.3 Å². The number of methoxy groups -OCH3 is 1. The van der Waals surface area contributed by atoms with Gasteiger partial charge in [-0.2, -0.15) is 0 Å². The molecule has 0 saturated carbocycles. The Morgan fingerprint density at radius 2 is 1.50 bits per heavy atom. The fourth-order valence-corrected chi connectivity index (χ4v) is 2.46. The second kappa shape index (κ2) is 8.94. The van der Waals surface area contributed by atoms with E-state index in [4.69, 9.17) is 4.74 Å². The number of esters is 1. The third-order valence-corrected chi connectivity index (χ3v) is 4.02. The summed E-state index contributed by atoms with van der Waals surface area (Å²) in [5, 5.41) is 2.70. The van der Waals surface area contributed by atoms with Crippen molar-refractivity contribution >= 4 is 17.7 Å². The molecule has 5 nitrogen and oxygen atoms in total. The zero-order chi connectivity index (χ0) is 19.1. The lowest BCUT2D eigenvalue weighted by atomic mass is 9.99. The van der Waals surface area contributed by atoms with Gasteiger partial charge in [0.25, 0.3) is 0 Å². The number of nitrogens with one attached hydrogen (secondary N) is 1. The van der Waals surface area contributed by atoms with Gasteiger partial charge in [-0.25, -0.2) is 4.79 Å². The Labute approximate surface area is 153 Å².